The van der Waals surface area contributed by atoms with Crippen LogP contribution >= 0.6 is 0 Å². The summed E-state index contributed by atoms with van der Waals surface area (Å²) in [6, 6.07) is 23.6. The van der Waals surface area contributed by atoms with Crippen molar-refractivity contribution in [1.82, 2.24) is 4.90 Å². The highest BCUT2D eigenvalue weighted by atomic mass is 16.4. The number of aromatic carboxylic acids is 1. The van der Waals surface area contributed by atoms with Crippen molar-refractivity contribution in [3.8, 4) is 0 Å². The molecule has 1 aliphatic heterocycles. The summed E-state index contributed by atoms with van der Waals surface area (Å²) in [6.45, 7) is 0.438. The molecule has 27 heavy (non-hydrogen) atoms. The summed E-state index contributed by atoms with van der Waals surface area (Å²) in [7, 11) is 0. The Morgan fingerprint density at radius 3 is 2.30 bits per heavy atom. The zero-order valence-corrected chi connectivity index (χ0v) is 14.5. The predicted octanol–water partition coefficient (Wildman–Crippen LogP) is 2.82. The molecule has 3 aromatic carbocycles. The number of carboxylic acid groups (broad SMARTS) is 1. The second-order valence-electron chi connectivity index (χ2n) is 6.42. The number of rotatable bonds is 4. The van der Waals surface area contributed by atoms with Gasteiger partial charge in [0, 0.05) is 12.2 Å². The molecule has 134 valence electrons. The van der Waals surface area contributed by atoms with E-state index in [1.807, 2.05) is 48.5 Å². The van der Waals surface area contributed by atoms with E-state index in [9.17, 15) is 14.7 Å². The van der Waals surface area contributed by atoms with E-state index in [1.54, 1.807) is 23.1 Å². The monoisotopic (exact) mass is 357 g/mol. The van der Waals surface area contributed by atoms with Crippen molar-refractivity contribution in [2.24, 2.45) is 0 Å². The second-order valence-corrected chi connectivity index (χ2v) is 6.42. The topological polar surface area (TPSA) is 72.5 Å². The molecule has 0 spiro atoms. The van der Waals surface area contributed by atoms with Crippen molar-refractivity contribution < 1.29 is 14.7 Å². The molecule has 0 fully saturated rings. The van der Waals surface area contributed by atoms with Crippen molar-refractivity contribution in [1.29, 1.82) is 0 Å². The number of benzene rings is 3. The summed E-state index contributed by atoms with van der Waals surface area (Å²) < 4.78 is 0. The highest BCUT2D eigenvalue weighted by molar-refractivity contribution is 6.01. The minimum absolute atomic E-state index is 0.0674. The van der Waals surface area contributed by atoms with Crippen LogP contribution in [0.15, 0.2) is 78.9 Å². The Hall–Kier alpha value is -3.60. The molecule has 3 aromatic rings. The lowest BCUT2D eigenvalue weighted by Crippen LogP contribution is -2.42. The van der Waals surface area contributed by atoms with E-state index in [2.05, 4.69) is 5.32 Å². The van der Waals surface area contributed by atoms with Crippen molar-refractivity contribution in [2.45, 2.75) is 12.7 Å². The Kier molecular flexibility index (Phi) is 4.34. The molecule has 0 unspecified atom stereocenters. The Balaban J connectivity index is 1.74. The van der Waals surface area contributed by atoms with E-state index >= 15 is 0 Å². The fourth-order valence-electron chi connectivity index (χ4n) is 3.30. The highest BCUT2D eigenvalue weighted by Crippen LogP contribution is 2.34. The van der Waals surface area contributed by atoms with E-state index in [1.165, 1.54) is 12.1 Å². The van der Waals surface area contributed by atoms with Gasteiger partial charge in [-0.25, -0.2) is 0 Å². The van der Waals surface area contributed by atoms with Gasteiger partial charge in [-0.15, -0.1) is 0 Å². The van der Waals surface area contributed by atoms with Crippen molar-refractivity contribution in [3.05, 3.63) is 101 Å². The Morgan fingerprint density at radius 2 is 1.59 bits per heavy atom. The van der Waals surface area contributed by atoms with E-state index in [-0.39, 0.29) is 11.5 Å². The van der Waals surface area contributed by atoms with Crippen LogP contribution in [0.4, 0.5) is 5.69 Å². The third-order valence-corrected chi connectivity index (χ3v) is 4.68. The van der Waals surface area contributed by atoms with E-state index < -0.39 is 12.1 Å². The van der Waals surface area contributed by atoms with Gasteiger partial charge in [0.2, 0.25) is 0 Å². The number of carboxylic acids is 1. The molecule has 0 radical (unpaired) electrons. The van der Waals surface area contributed by atoms with Gasteiger partial charge in [0.25, 0.3) is 5.91 Å². The second kappa shape index (κ2) is 6.96. The van der Waals surface area contributed by atoms with Crippen LogP contribution in [0.3, 0.4) is 0 Å². The van der Waals surface area contributed by atoms with Gasteiger partial charge in [-0.2, -0.15) is 0 Å². The number of nitrogens with one attached hydrogen (secondary N) is 1. The minimum Gasteiger partial charge on any atom is -0.545 e. The number of anilines is 1. The van der Waals surface area contributed by atoms with Gasteiger partial charge in [0.15, 0.2) is 0 Å². The lowest BCUT2D eigenvalue weighted by Gasteiger charge is -2.38. The Morgan fingerprint density at radius 1 is 0.926 bits per heavy atom. The van der Waals surface area contributed by atoms with Gasteiger partial charge in [-0.05, 0) is 28.8 Å². The zero-order valence-electron chi connectivity index (χ0n) is 14.5. The number of amides is 1. The summed E-state index contributed by atoms with van der Waals surface area (Å²) in [4.78, 5) is 25.9. The zero-order chi connectivity index (χ0) is 18.8. The van der Waals surface area contributed by atoms with Gasteiger partial charge in [-0.1, -0.05) is 66.7 Å². The van der Waals surface area contributed by atoms with Crippen molar-refractivity contribution >= 4 is 17.6 Å². The maximum absolute atomic E-state index is 13.2. The van der Waals surface area contributed by atoms with Crippen LogP contribution in [-0.2, 0) is 6.54 Å². The average Bonchev–Trinajstić information content (AvgIpc) is 2.71. The Bertz CT molecular complexity index is 984. The smallest absolute Gasteiger partial charge is 0.258 e. The molecule has 0 aromatic heterocycles. The van der Waals surface area contributed by atoms with Gasteiger partial charge in [0.1, 0.15) is 6.17 Å². The average molecular weight is 357 g/mol. The SMILES string of the molecule is O=C([O-])c1ccc([C@@H]2Nc3ccccc3C(=O)N2Cc2ccccc2)cc1. The summed E-state index contributed by atoms with van der Waals surface area (Å²) in [6.07, 6.45) is -0.400. The summed E-state index contributed by atoms with van der Waals surface area (Å²) in [5.74, 6) is -1.29. The number of carbonyl (C=O) groups is 2. The number of hydrogen-bond acceptors (Lipinski definition) is 4. The maximum atomic E-state index is 13.2. The van der Waals surface area contributed by atoms with Crippen molar-refractivity contribution in [3.63, 3.8) is 0 Å². The molecule has 1 aliphatic rings. The fraction of sp³-hybridized carbons (Fsp3) is 0.0909. The van der Waals surface area contributed by atoms with Gasteiger partial charge in [-0.3, -0.25) is 4.79 Å². The van der Waals surface area contributed by atoms with Gasteiger partial charge >= 0.3 is 0 Å². The molecule has 0 bridgehead atoms. The maximum Gasteiger partial charge on any atom is 0.258 e. The van der Waals surface area contributed by atoms with E-state index in [0.29, 0.717) is 12.1 Å². The third-order valence-electron chi connectivity index (χ3n) is 4.68. The Labute approximate surface area is 156 Å². The third kappa shape index (κ3) is 3.27. The number of hydrogen-bond donors (Lipinski definition) is 1. The molecule has 1 N–H and O–H groups in total. The molecule has 0 saturated carbocycles. The van der Waals surface area contributed by atoms with Crippen LogP contribution in [0.5, 0.6) is 0 Å². The predicted molar refractivity (Wildman–Crippen MR) is 99.9 cm³/mol. The molecule has 5 nitrogen and oxygen atoms in total. The van der Waals surface area contributed by atoms with E-state index in [0.717, 1.165) is 16.8 Å². The molecule has 1 amide bonds. The number of carbonyl (C=O) groups excluding carboxylic acids is 2. The first-order valence-corrected chi connectivity index (χ1v) is 8.65. The largest absolute Gasteiger partial charge is 0.545 e. The van der Waals surface area contributed by atoms with Crippen LogP contribution in [0.25, 0.3) is 0 Å². The normalized spacial score (nSPS) is 15.8. The molecule has 0 saturated heterocycles. The number of fused-ring (bicyclic) bond motifs is 1. The minimum atomic E-state index is -1.22. The number of nitrogens with zero attached hydrogens (tertiary/aromatic N) is 1. The number of para-hydroxylation sites is 1. The quantitative estimate of drug-likeness (QED) is 0.779. The molecule has 5 heteroatoms. The highest BCUT2D eigenvalue weighted by Gasteiger charge is 2.32. The van der Waals surface area contributed by atoms with E-state index in [4.69, 9.17) is 0 Å². The summed E-state index contributed by atoms with van der Waals surface area (Å²) in [5, 5.41) is 14.4. The van der Waals surface area contributed by atoms with Crippen molar-refractivity contribution in [2.75, 3.05) is 5.32 Å². The summed E-state index contributed by atoms with van der Waals surface area (Å²) >= 11 is 0. The molecule has 0 aliphatic carbocycles. The standard InChI is InChI=1S/C22H18N2O3/c25-21-18-8-4-5-9-19(18)23-20(16-10-12-17(13-11-16)22(26)27)24(21)14-15-6-2-1-3-7-15/h1-13,20,23H,14H2,(H,26,27)/p-1/t20-/m1/s1. The molecule has 1 atom stereocenters. The van der Waals surface area contributed by atoms with Crippen LogP contribution in [-0.4, -0.2) is 16.8 Å². The summed E-state index contributed by atoms with van der Waals surface area (Å²) in [5.41, 5.74) is 3.31. The van der Waals surface area contributed by atoms with Gasteiger partial charge in [0.05, 0.1) is 11.5 Å². The van der Waals surface area contributed by atoms with Crippen LogP contribution in [0, 0.1) is 0 Å². The van der Waals surface area contributed by atoms with Crippen LogP contribution in [0.1, 0.15) is 38.0 Å². The molecular weight excluding hydrogens is 340 g/mol. The molecule has 4 rings (SSSR count). The molecule has 1 heterocycles. The first-order valence-electron chi connectivity index (χ1n) is 8.65. The van der Waals surface area contributed by atoms with Gasteiger partial charge < -0.3 is 20.1 Å². The van der Waals surface area contributed by atoms with Crippen LogP contribution < -0.4 is 10.4 Å². The lowest BCUT2D eigenvalue weighted by atomic mass is 10.0. The first-order chi connectivity index (χ1) is 13.1. The van der Waals surface area contributed by atoms with Crippen LogP contribution in [0.2, 0.25) is 0 Å². The lowest BCUT2D eigenvalue weighted by molar-refractivity contribution is -0.255. The first kappa shape index (κ1) is 16.8. The molecular formula is C22H17N2O3-. The fourth-order valence-corrected chi connectivity index (χ4v) is 3.30.